The predicted octanol–water partition coefficient (Wildman–Crippen LogP) is 4.39. The third-order valence-electron chi connectivity index (χ3n) is 6.71. The summed E-state index contributed by atoms with van der Waals surface area (Å²) in [6.45, 7) is 6.44. The molecule has 0 radical (unpaired) electrons. The molecule has 3 aromatic heterocycles. The Labute approximate surface area is 193 Å². The largest absolute Gasteiger partial charge is 0.416 e. The van der Waals surface area contributed by atoms with Crippen LogP contribution < -0.4 is 4.90 Å². The molecule has 1 spiro atoms. The Balaban J connectivity index is 1.47. The lowest BCUT2D eigenvalue weighted by Gasteiger charge is -2.41. The monoisotopic (exact) mass is 466 g/mol. The van der Waals surface area contributed by atoms with Crippen molar-refractivity contribution in [3.8, 4) is 23.0 Å². The summed E-state index contributed by atoms with van der Waals surface area (Å²) >= 11 is 0. The second-order valence-corrected chi connectivity index (χ2v) is 9.09. The number of halogens is 3. The number of anilines is 1. The molecule has 11 heteroatoms. The van der Waals surface area contributed by atoms with Gasteiger partial charge in [0.1, 0.15) is 23.4 Å². The summed E-state index contributed by atoms with van der Waals surface area (Å²) in [4.78, 5) is 16.2. The van der Waals surface area contributed by atoms with Gasteiger partial charge in [-0.05, 0) is 38.3 Å². The molecule has 1 aromatic carbocycles. The van der Waals surface area contributed by atoms with E-state index in [4.69, 9.17) is 4.98 Å². The first-order valence-corrected chi connectivity index (χ1v) is 11.0. The molecule has 0 N–H and O–H groups in total. The zero-order chi connectivity index (χ0) is 23.8. The molecule has 2 atom stereocenters. The first kappa shape index (κ1) is 20.8. The lowest BCUT2D eigenvalue weighted by atomic mass is 10.1. The van der Waals surface area contributed by atoms with E-state index in [0.717, 1.165) is 35.9 Å². The van der Waals surface area contributed by atoms with Crippen molar-refractivity contribution in [1.82, 2.24) is 34.3 Å². The molecule has 8 nitrogen and oxygen atoms in total. The number of imidazole rings is 1. The number of benzene rings is 1. The molecule has 174 valence electrons. The molecule has 4 heterocycles. The van der Waals surface area contributed by atoms with Crippen LogP contribution in [0.2, 0.25) is 0 Å². The summed E-state index contributed by atoms with van der Waals surface area (Å²) in [5.74, 6) is 2.89. The van der Waals surface area contributed by atoms with E-state index in [0.29, 0.717) is 23.3 Å². The minimum atomic E-state index is -4.40. The third-order valence-corrected chi connectivity index (χ3v) is 6.71. The van der Waals surface area contributed by atoms with E-state index in [-0.39, 0.29) is 11.6 Å². The summed E-state index contributed by atoms with van der Waals surface area (Å²) in [7, 11) is 0. The first-order valence-electron chi connectivity index (χ1n) is 11.0. The van der Waals surface area contributed by atoms with E-state index in [2.05, 4.69) is 45.8 Å². The molecular formula is C23H21F3N8. The van der Waals surface area contributed by atoms with Gasteiger partial charge in [-0.3, -0.25) is 9.13 Å². The molecule has 34 heavy (non-hydrogen) atoms. The maximum atomic E-state index is 13.0. The van der Waals surface area contributed by atoms with Crippen molar-refractivity contribution in [2.75, 3.05) is 4.90 Å². The molecule has 0 amide bonds. The van der Waals surface area contributed by atoms with Gasteiger partial charge in [0, 0.05) is 24.0 Å². The lowest BCUT2D eigenvalue weighted by molar-refractivity contribution is -0.137. The summed E-state index contributed by atoms with van der Waals surface area (Å²) in [5, 5.41) is 8.58. The molecular weight excluding hydrogens is 445 g/mol. The SMILES string of the molecule is CC(C)N1c2nc(-n3ccnc3-c3ccc(C(F)(F)F)cc3)ncc2-n2cnnc2[C@@]12C[C@@H]2C. The number of fused-ring (bicyclic) bond motifs is 4. The van der Waals surface area contributed by atoms with Gasteiger partial charge in [0.05, 0.1) is 11.8 Å². The molecule has 0 unspecified atom stereocenters. The van der Waals surface area contributed by atoms with Crippen LogP contribution in [0.5, 0.6) is 0 Å². The van der Waals surface area contributed by atoms with E-state index in [1.165, 1.54) is 12.1 Å². The van der Waals surface area contributed by atoms with Gasteiger partial charge in [0.25, 0.3) is 0 Å². The average Bonchev–Trinajstić information content (AvgIpc) is 3.21. The first-order chi connectivity index (χ1) is 16.2. The fraction of sp³-hybridized carbons (Fsp3) is 0.348. The average molecular weight is 466 g/mol. The Kier molecular flexibility index (Phi) is 4.21. The summed E-state index contributed by atoms with van der Waals surface area (Å²) in [6, 6.07) is 5.06. The zero-order valence-corrected chi connectivity index (χ0v) is 18.7. The minimum Gasteiger partial charge on any atom is -0.339 e. The van der Waals surface area contributed by atoms with Gasteiger partial charge in [-0.2, -0.15) is 18.2 Å². The van der Waals surface area contributed by atoms with Gasteiger partial charge in [-0.15, -0.1) is 10.2 Å². The van der Waals surface area contributed by atoms with Crippen molar-refractivity contribution in [2.24, 2.45) is 5.92 Å². The highest BCUT2D eigenvalue weighted by molar-refractivity contribution is 5.67. The Bertz CT molecular complexity index is 1390. The highest BCUT2D eigenvalue weighted by Crippen LogP contribution is 2.60. The number of alkyl halides is 3. The molecule has 6 rings (SSSR count). The van der Waals surface area contributed by atoms with Crippen molar-refractivity contribution in [2.45, 2.75) is 44.9 Å². The Morgan fingerprint density at radius 1 is 1.09 bits per heavy atom. The number of hydrogen-bond acceptors (Lipinski definition) is 6. The van der Waals surface area contributed by atoms with E-state index in [1.807, 2.05) is 4.57 Å². The minimum absolute atomic E-state index is 0.147. The molecule has 1 fully saturated rings. The van der Waals surface area contributed by atoms with Crippen molar-refractivity contribution < 1.29 is 13.2 Å². The van der Waals surface area contributed by atoms with Crippen LogP contribution in [0.1, 0.15) is 38.6 Å². The quantitative estimate of drug-likeness (QED) is 0.446. The van der Waals surface area contributed by atoms with Crippen LogP contribution >= 0.6 is 0 Å². The van der Waals surface area contributed by atoms with E-state index in [9.17, 15) is 13.2 Å². The predicted molar refractivity (Wildman–Crippen MR) is 118 cm³/mol. The highest BCUT2D eigenvalue weighted by atomic mass is 19.4. The third kappa shape index (κ3) is 2.82. The lowest BCUT2D eigenvalue weighted by Crippen LogP contribution is -2.47. The van der Waals surface area contributed by atoms with E-state index in [1.54, 1.807) is 29.5 Å². The van der Waals surface area contributed by atoms with Crippen LogP contribution in [0.15, 0.2) is 49.2 Å². The van der Waals surface area contributed by atoms with Crippen LogP contribution in [0, 0.1) is 5.92 Å². The smallest absolute Gasteiger partial charge is 0.339 e. The topological polar surface area (TPSA) is 77.5 Å². The number of hydrogen-bond donors (Lipinski definition) is 0. The van der Waals surface area contributed by atoms with Crippen LogP contribution in [0.3, 0.4) is 0 Å². The molecule has 1 saturated carbocycles. The van der Waals surface area contributed by atoms with E-state index < -0.39 is 11.7 Å². The van der Waals surface area contributed by atoms with Crippen LogP contribution in [-0.2, 0) is 11.7 Å². The summed E-state index contributed by atoms with van der Waals surface area (Å²) in [6.07, 6.45) is 3.26. The van der Waals surface area contributed by atoms with Crippen LogP contribution in [0.4, 0.5) is 19.0 Å². The number of aromatic nitrogens is 7. The zero-order valence-electron chi connectivity index (χ0n) is 18.7. The Hall–Kier alpha value is -3.76. The molecule has 1 aliphatic carbocycles. The molecule has 4 aromatic rings. The van der Waals surface area contributed by atoms with Gasteiger partial charge >= 0.3 is 6.18 Å². The summed E-state index contributed by atoms with van der Waals surface area (Å²) in [5.41, 5.74) is 0.349. The highest BCUT2D eigenvalue weighted by Gasteiger charge is 2.63. The fourth-order valence-corrected chi connectivity index (χ4v) is 5.07. The number of nitrogens with zero attached hydrogens (tertiary/aromatic N) is 8. The second kappa shape index (κ2) is 6.87. The molecule has 0 bridgehead atoms. The van der Waals surface area contributed by atoms with Crippen molar-refractivity contribution in [3.63, 3.8) is 0 Å². The fourth-order valence-electron chi connectivity index (χ4n) is 5.07. The Morgan fingerprint density at radius 3 is 2.47 bits per heavy atom. The standard InChI is InChI=1S/C23H21F3N8/c1-13(2)34-19-17(33-12-29-31-20(33)22(34)10-14(22)3)11-28-21(30-19)32-9-8-27-18(32)15-4-6-16(7-5-15)23(24,25)26/h4-9,11-14H,10H2,1-3H3/t14-,22-/m0/s1. The number of rotatable bonds is 3. The van der Waals surface area contributed by atoms with Crippen molar-refractivity contribution >= 4 is 5.82 Å². The van der Waals surface area contributed by atoms with Crippen molar-refractivity contribution in [1.29, 1.82) is 0 Å². The molecule has 1 aliphatic heterocycles. The van der Waals surface area contributed by atoms with Gasteiger partial charge in [0.15, 0.2) is 11.6 Å². The molecule has 2 aliphatic rings. The Morgan fingerprint density at radius 2 is 1.82 bits per heavy atom. The van der Waals surface area contributed by atoms with Crippen LogP contribution in [0.25, 0.3) is 23.0 Å². The van der Waals surface area contributed by atoms with E-state index >= 15 is 0 Å². The van der Waals surface area contributed by atoms with Gasteiger partial charge in [0.2, 0.25) is 5.95 Å². The second-order valence-electron chi connectivity index (χ2n) is 9.09. The van der Waals surface area contributed by atoms with Crippen molar-refractivity contribution in [3.05, 3.63) is 60.6 Å². The summed E-state index contributed by atoms with van der Waals surface area (Å²) < 4.78 is 42.6. The van der Waals surface area contributed by atoms with Gasteiger partial charge in [-0.25, -0.2) is 9.97 Å². The van der Waals surface area contributed by atoms with Gasteiger partial charge in [-0.1, -0.05) is 19.1 Å². The maximum absolute atomic E-state index is 13.0. The maximum Gasteiger partial charge on any atom is 0.416 e. The van der Waals surface area contributed by atoms with Crippen LogP contribution in [-0.4, -0.2) is 40.3 Å². The molecule has 0 saturated heterocycles. The normalized spacial score (nSPS) is 21.1. The van der Waals surface area contributed by atoms with Gasteiger partial charge < -0.3 is 4.90 Å².